The monoisotopic (exact) mass is 334 g/mol. The molecular weight excluding hydrogens is 316 g/mol. The smallest absolute Gasteiger partial charge is 0.123 e. The standard InChI is InChI=1S/C16H19BrN2O/c1-11-3-8-14(16(9-11)20-2)15(19-18)10-12-4-6-13(17)7-5-12/h3-9,15,19H,10,18H2,1-2H3. The first kappa shape index (κ1) is 15.0. The zero-order valence-corrected chi connectivity index (χ0v) is 13.3. The highest BCUT2D eigenvalue weighted by Gasteiger charge is 2.15. The van der Waals surface area contributed by atoms with Crippen LogP contribution in [-0.2, 0) is 6.42 Å². The van der Waals surface area contributed by atoms with Crippen LogP contribution in [0.25, 0.3) is 0 Å². The minimum atomic E-state index is 0.0201. The van der Waals surface area contributed by atoms with Crippen LogP contribution in [0.5, 0.6) is 5.75 Å². The lowest BCUT2D eigenvalue weighted by molar-refractivity contribution is 0.398. The molecule has 0 radical (unpaired) electrons. The molecule has 0 fully saturated rings. The molecule has 106 valence electrons. The Morgan fingerprint density at radius 3 is 2.50 bits per heavy atom. The van der Waals surface area contributed by atoms with Crippen LogP contribution >= 0.6 is 15.9 Å². The predicted molar refractivity (Wildman–Crippen MR) is 85.6 cm³/mol. The molecule has 2 aromatic rings. The van der Waals surface area contributed by atoms with Crippen molar-refractivity contribution in [2.45, 2.75) is 19.4 Å². The maximum atomic E-state index is 5.73. The van der Waals surface area contributed by atoms with Crippen molar-refractivity contribution in [1.29, 1.82) is 0 Å². The lowest BCUT2D eigenvalue weighted by Crippen LogP contribution is -2.30. The van der Waals surface area contributed by atoms with Crippen LogP contribution in [0.4, 0.5) is 0 Å². The van der Waals surface area contributed by atoms with Crippen molar-refractivity contribution in [2.75, 3.05) is 7.11 Å². The molecule has 0 aliphatic carbocycles. The van der Waals surface area contributed by atoms with Gasteiger partial charge in [0.1, 0.15) is 5.75 Å². The van der Waals surface area contributed by atoms with E-state index in [1.165, 1.54) is 11.1 Å². The van der Waals surface area contributed by atoms with Crippen molar-refractivity contribution in [3.05, 3.63) is 63.6 Å². The molecule has 0 heterocycles. The van der Waals surface area contributed by atoms with Gasteiger partial charge < -0.3 is 4.74 Å². The first-order valence-corrected chi connectivity index (χ1v) is 7.28. The summed E-state index contributed by atoms with van der Waals surface area (Å²) in [5, 5.41) is 0. The van der Waals surface area contributed by atoms with Crippen molar-refractivity contribution in [3.8, 4) is 5.75 Å². The number of ether oxygens (including phenoxy) is 1. The van der Waals surface area contributed by atoms with E-state index >= 15 is 0 Å². The summed E-state index contributed by atoms with van der Waals surface area (Å²) in [5.41, 5.74) is 6.35. The lowest BCUT2D eigenvalue weighted by Gasteiger charge is -2.19. The number of halogens is 1. The van der Waals surface area contributed by atoms with Crippen LogP contribution in [-0.4, -0.2) is 7.11 Å². The molecule has 3 N–H and O–H groups in total. The molecule has 0 aromatic heterocycles. The Balaban J connectivity index is 2.26. The molecule has 20 heavy (non-hydrogen) atoms. The summed E-state index contributed by atoms with van der Waals surface area (Å²) < 4.78 is 6.54. The number of aryl methyl sites for hydroxylation is 1. The third kappa shape index (κ3) is 3.60. The second kappa shape index (κ2) is 6.88. The van der Waals surface area contributed by atoms with Crippen molar-refractivity contribution in [1.82, 2.24) is 5.43 Å². The predicted octanol–water partition coefficient (Wildman–Crippen LogP) is 3.51. The summed E-state index contributed by atoms with van der Waals surface area (Å²) in [5.74, 6) is 6.60. The third-order valence-electron chi connectivity index (χ3n) is 3.32. The fourth-order valence-electron chi connectivity index (χ4n) is 2.22. The van der Waals surface area contributed by atoms with E-state index in [0.717, 1.165) is 22.2 Å². The SMILES string of the molecule is COc1cc(C)ccc1C(Cc1ccc(Br)cc1)NN. The number of methoxy groups -OCH3 is 1. The van der Waals surface area contributed by atoms with Crippen LogP contribution in [0.3, 0.4) is 0 Å². The van der Waals surface area contributed by atoms with Crippen molar-refractivity contribution in [2.24, 2.45) is 5.84 Å². The van der Waals surface area contributed by atoms with Crippen LogP contribution in [0, 0.1) is 6.92 Å². The van der Waals surface area contributed by atoms with E-state index in [2.05, 4.69) is 45.6 Å². The van der Waals surface area contributed by atoms with Gasteiger partial charge in [-0.15, -0.1) is 0 Å². The molecule has 2 aromatic carbocycles. The van der Waals surface area contributed by atoms with Gasteiger partial charge in [0.25, 0.3) is 0 Å². The van der Waals surface area contributed by atoms with Gasteiger partial charge in [0.2, 0.25) is 0 Å². The number of hydrogen-bond donors (Lipinski definition) is 2. The number of hydrogen-bond acceptors (Lipinski definition) is 3. The fourth-order valence-corrected chi connectivity index (χ4v) is 2.49. The Hall–Kier alpha value is -1.36. The summed E-state index contributed by atoms with van der Waals surface area (Å²) in [6.45, 7) is 2.05. The van der Waals surface area contributed by atoms with Gasteiger partial charge in [-0.2, -0.15) is 0 Å². The maximum absolute atomic E-state index is 5.73. The fraction of sp³-hybridized carbons (Fsp3) is 0.250. The summed E-state index contributed by atoms with van der Waals surface area (Å²) in [7, 11) is 1.69. The highest BCUT2D eigenvalue weighted by Crippen LogP contribution is 2.28. The third-order valence-corrected chi connectivity index (χ3v) is 3.85. The highest BCUT2D eigenvalue weighted by atomic mass is 79.9. The minimum absolute atomic E-state index is 0.0201. The summed E-state index contributed by atoms with van der Waals surface area (Å²) in [6.07, 6.45) is 0.809. The Morgan fingerprint density at radius 1 is 1.20 bits per heavy atom. The Bertz CT molecular complexity index is 569. The number of benzene rings is 2. The van der Waals surface area contributed by atoms with Crippen LogP contribution in [0.15, 0.2) is 46.9 Å². The molecule has 0 aliphatic rings. The van der Waals surface area contributed by atoms with Crippen LogP contribution in [0.2, 0.25) is 0 Å². The molecule has 0 bridgehead atoms. The van der Waals surface area contributed by atoms with E-state index in [0.29, 0.717) is 0 Å². The van der Waals surface area contributed by atoms with Gasteiger partial charge in [-0.25, -0.2) is 0 Å². The lowest BCUT2D eigenvalue weighted by atomic mass is 9.97. The summed E-state index contributed by atoms with van der Waals surface area (Å²) in [4.78, 5) is 0. The Kier molecular flexibility index (Phi) is 5.17. The van der Waals surface area contributed by atoms with E-state index in [9.17, 15) is 0 Å². The summed E-state index contributed by atoms with van der Waals surface area (Å²) >= 11 is 3.44. The molecule has 1 atom stereocenters. The minimum Gasteiger partial charge on any atom is -0.496 e. The van der Waals surface area contributed by atoms with Gasteiger partial charge in [0.15, 0.2) is 0 Å². The van der Waals surface area contributed by atoms with Gasteiger partial charge in [-0.3, -0.25) is 11.3 Å². The molecule has 0 spiro atoms. The van der Waals surface area contributed by atoms with E-state index in [1.54, 1.807) is 7.11 Å². The van der Waals surface area contributed by atoms with Crippen molar-refractivity contribution < 1.29 is 4.74 Å². The molecule has 0 saturated heterocycles. The average molecular weight is 335 g/mol. The van der Waals surface area contributed by atoms with Gasteiger partial charge in [-0.05, 0) is 42.7 Å². The second-order valence-corrected chi connectivity index (χ2v) is 5.71. The van der Waals surface area contributed by atoms with E-state index in [-0.39, 0.29) is 6.04 Å². The van der Waals surface area contributed by atoms with Gasteiger partial charge in [0, 0.05) is 10.0 Å². The Labute approximate surface area is 128 Å². The van der Waals surface area contributed by atoms with Gasteiger partial charge in [-0.1, -0.05) is 40.2 Å². The second-order valence-electron chi connectivity index (χ2n) is 4.80. The van der Waals surface area contributed by atoms with Gasteiger partial charge >= 0.3 is 0 Å². The van der Waals surface area contributed by atoms with Crippen molar-refractivity contribution >= 4 is 15.9 Å². The first-order valence-electron chi connectivity index (χ1n) is 6.49. The number of hydrazine groups is 1. The van der Waals surface area contributed by atoms with E-state index in [4.69, 9.17) is 10.6 Å². The Morgan fingerprint density at radius 2 is 1.90 bits per heavy atom. The van der Waals surface area contributed by atoms with E-state index in [1.807, 2.05) is 25.1 Å². The molecule has 2 rings (SSSR count). The highest BCUT2D eigenvalue weighted by molar-refractivity contribution is 9.10. The zero-order chi connectivity index (χ0) is 14.5. The quantitative estimate of drug-likeness (QED) is 0.649. The van der Waals surface area contributed by atoms with Crippen LogP contribution in [0.1, 0.15) is 22.7 Å². The number of nitrogens with one attached hydrogen (secondary N) is 1. The molecular formula is C16H19BrN2O. The van der Waals surface area contributed by atoms with Gasteiger partial charge in [0.05, 0.1) is 13.2 Å². The average Bonchev–Trinajstić information content (AvgIpc) is 2.47. The number of nitrogens with two attached hydrogens (primary N) is 1. The zero-order valence-electron chi connectivity index (χ0n) is 11.7. The maximum Gasteiger partial charge on any atom is 0.123 e. The molecule has 3 nitrogen and oxygen atoms in total. The molecule has 0 aliphatic heterocycles. The molecule has 0 amide bonds. The summed E-state index contributed by atoms with van der Waals surface area (Å²) in [6, 6.07) is 14.4. The molecule has 1 unspecified atom stereocenters. The largest absolute Gasteiger partial charge is 0.496 e. The van der Waals surface area contributed by atoms with Crippen molar-refractivity contribution in [3.63, 3.8) is 0 Å². The normalized spacial score (nSPS) is 12.2. The van der Waals surface area contributed by atoms with E-state index < -0.39 is 0 Å². The topological polar surface area (TPSA) is 47.3 Å². The molecule has 4 heteroatoms. The van der Waals surface area contributed by atoms with Crippen LogP contribution < -0.4 is 16.0 Å². The first-order chi connectivity index (χ1) is 9.63. The number of rotatable bonds is 5. The molecule has 0 saturated carbocycles.